The predicted molar refractivity (Wildman–Crippen MR) is 72.4 cm³/mol. The molecule has 1 aromatic rings. The van der Waals surface area contributed by atoms with E-state index in [9.17, 15) is 4.79 Å². The van der Waals surface area contributed by atoms with E-state index in [2.05, 4.69) is 0 Å². The molecule has 1 rings (SSSR count). The number of hydrogen-bond donors (Lipinski definition) is 0. The van der Waals surface area contributed by atoms with Crippen molar-refractivity contribution in [1.82, 2.24) is 4.90 Å². The Morgan fingerprint density at radius 2 is 1.47 bits per heavy atom. The van der Waals surface area contributed by atoms with Crippen molar-refractivity contribution in [2.75, 3.05) is 11.9 Å². The lowest BCUT2D eigenvalue weighted by atomic mass is 10.2. The van der Waals surface area contributed by atoms with Gasteiger partial charge in [-0.05, 0) is 39.8 Å². The Labute approximate surface area is 104 Å². The first-order valence-corrected chi connectivity index (χ1v) is 6.06. The van der Waals surface area contributed by atoms with Gasteiger partial charge in [0.1, 0.15) is 0 Å². The van der Waals surface area contributed by atoms with E-state index in [0.717, 1.165) is 5.69 Å². The molecule has 94 valence electrons. The van der Waals surface area contributed by atoms with Crippen molar-refractivity contribution in [3.05, 3.63) is 30.3 Å². The summed E-state index contributed by atoms with van der Waals surface area (Å²) >= 11 is 0. The third-order valence-corrected chi connectivity index (χ3v) is 2.76. The van der Waals surface area contributed by atoms with Crippen molar-refractivity contribution < 1.29 is 4.79 Å². The molecule has 3 heteroatoms. The van der Waals surface area contributed by atoms with E-state index in [1.807, 2.05) is 70.0 Å². The second-order valence-electron chi connectivity index (χ2n) is 4.77. The molecular weight excluding hydrogens is 212 g/mol. The van der Waals surface area contributed by atoms with Gasteiger partial charge in [0.15, 0.2) is 0 Å². The highest BCUT2D eigenvalue weighted by molar-refractivity contribution is 5.91. The Kier molecular flexibility index (Phi) is 4.55. The summed E-state index contributed by atoms with van der Waals surface area (Å²) < 4.78 is 0. The third kappa shape index (κ3) is 3.22. The minimum absolute atomic E-state index is 0.0428. The molecule has 0 heterocycles. The fraction of sp³-hybridized carbons (Fsp3) is 0.500. The Morgan fingerprint density at radius 3 is 1.88 bits per heavy atom. The molecule has 0 bridgehead atoms. The van der Waals surface area contributed by atoms with Crippen LogP contribution < -0.4 is 4.90 Å². The quantitative estimate of drug-likeness (QED) is 0.786. The molecule has 0 fully saturated rings. The maximum atomic E-state index is 12.4. The number of nitrogens with zero attached hydrogens (tertiary/aromatic N) is 2. The first kappa shape index (κ1) is 13.6. The van der Waals surface area contributed by atoms with E-state index in [4.69, 9.17) is 0 Å². The van der Waals surface area contributed by atoms with Gasteiger partial charge in [0, 0.05) is 24.8 Å². The largest absolute Gasteiger partial charge is 0.324 e. The van der Waals surface area contributed by atoms with E-state index in [1.165, 1.54) is 0 Å². The highest BCUT2D eigenvalue weighted by atomic mass is 16.2. The third-order valence-electron chi connectivity index (χ3n) is 2.76. The van der Waals surface area contributed by atoms with Crippen molar-refractivity contribution >= 4 is 11.7 Å². The number of carbonyl (C=O) groups is 1. The molecule has 0 radical (unpaired) electrons. The van der Waals surface area contributed by atoms with Crippen molar-refractivity contribution in [1.29, 1.82) is 0 Å². The van der Waals surface area contributed by atoms with Gasteiger partial charge in [-0.15, -0.1) is 0 Å². The highest BCUT2D eigenvalue weighted by Gasteiger charge is 2.23. The van der Waals surface area contributed by atoms with Gasteiger partial charge in [-0.3, -0.25) is 4.90 Å². The second kappa shape index (κ2) is 5.71. The Balaban J connectivity index is 2.89. The van der Waals surface area contributed by atoms with Gasteiger partial charge < -0.3 is 4.90 Å². The summed E-state index contributed by atoms with van der Waals surface area (Å²) in [6.45, 7) is 8.15. The molecule has 0 aromatic heterocycles. The zero-order valence-electron chi connectivity index (χ0n) is 11.3. The lowest BCUT2D eigenvalue weighted by Gasteiger charge is -2.34. The van der Waals surface area contributed by atoms with Gasteiger partial charge in [0.25, 0.3) is 0 Å². The molecule has 0 saturated heterocycles. The minimum Gasteiger partial charge on any atom is -0.320 e. The second-order valence-corrected chi connectivity index (χ2v) is 4.77. The fourth-order valence-corrected chi connectivity index (χ4v) is 1.97. The van der Waals surface area contributed by atoms with Crippen molar-refractivity contribution in [2.45, 2.75) is 39.8 Å². The Morgan fingerprint density at radius 1 is 1.00 bits per heavy atom. The van der Waals surface area contributed by atoms with Gasteiger partial charge >= 0.3 is 6.03 Å². The van der Waals surface area contributed by atoms with Crippen LogP contribution in [-0.4, -0.2) is 30.1 Å². The summed E-state index contributed by atoms with van der Waals surface area (Å²) in [7, 11) is 1.81. The summed E-state index contributed by atoms with van der Waals surface area (Å²) in [4.78, 5) is 16.0. The maximum Gasteiger partial charge on any atom is 0.324 e. The molecule has 2 amide bonds. The molecule has 0 atom stereocenters. The fourth-order valence-electron chi connectivity index (χ4n) is 1.97. The number of carbonyl (C=O) groups excluding carboxylic acids is 1. The molecule has 0 saturated carbocycles. The molecule has 17 heavy (non-hydrogen) atoms. The van der Waals surface area contributed by atoms with Crippen molar-refractivity contribution in [2.24, 2.45) is 0 Å². The summed E-state index contributed by atoms with van der Waals surface area (Å²) in [6, 6.07) is 10.2. The lowest BCUT2D eigenvalue weighted by Crippen LogP contribution is -2.48. The molecule has 0 aliphatic heterocycles. The number of urea groups is 1. The molecule has 0 aliphatic carbocycles. The Bertz CT molecular complexity index is 352. The van der Waals surface area contributed by atoms with Gasteiger partial charge in [-0.2, -0.15) is 0 Å². The van der Waals surface area contributed by atoms with Crippen LogP contribution in [0.5, 0.6) is 0 Å². The average Bonchev–Trinajstić information content (AvgIpc) is 2.28. The zero-order chi connectivity index (χ0) is 13.0. The van der Waals surface area contributed by atoms with Crippen molar-refractivity contribution in [3.63, 3.8) is 0 Å². The molecule has 0 N–H and O–H groups in total. The van der Waals surface area contributed by atoms with Crippen molar-refractivity contribution in [3.8, 4) is 0 Å². The summed E-state index contributed by atoms with van der Waals surface area (Å²) in [5.41, 5.74) is 0.920. The summed E-state index contributed by atoms with van der Waals surface area (Å²) in [5.74, 6) is 0. The number of para-hydroxylation sites is 1. The molecule has 0 aliphatic rings. The van der Waals surface area contributed by atoms with Crippen LogP contribution in [-0.2, 0) is 0 Å². The van der Waals surface area contributed by atoms with Crippen LogP contribution in [0.4, 0.5) is 10.5 Å². The van der Waals surface area contributed by atoms with Gasteiger partial charge in [0.2, 0.25) is 0 Å². The number of hydrogen-bond acceptors (Lipinski definition) is 1. The minimum atomic E-state index is 0.0428. The predicted octanol–water partition coefficient (Wildman–Crippen LogP) is 3.36. The lowest BCUT2D eigenvalue weighted by molar-refractivity contribution is 0.173. The SMILES string of the molecule is CC(C)N(C(=O)N(C)c1ccccc1)C(C)C. The van der Waals surface area contributed by atoms with Crippen LogP contribution in [0.3, 0.4) is 0 Å². The molecule has 1 aromatic carbocycles. The van der Waals surface area contributed by atoms with E-state index in [1.54, 1.807) is 4.90 Å². The summed E-state index contributed by atoms with van der Waals surface area (Å²) in [6.07, 6.45) is 0. The van der Waals surface area contributed by atoms with E-state index in [-0.39, 0.29) is 18.1 Å². The maximum absolute atomic E-state index is 12.4. The molecule has 0 unspecified atom stereocenters. The molecule has 3 nitrogen and oxygen atoms in total. The smallest absolute Gasteiger partial charge is 0.320 e. The first-order valence-electron chi connectivity index (χ1n) is 6.06. The molecule has 0 spiro atoms. The van der Waals surface area contributed by atoms with Crippen LogP contribution in [0.15, 0.2) is 30.3 Å². The zero-order valence-corrected chi connectivity index (χ0v) is 11.3. The van der Waals surface area contributed by atoms with Gasteiger partial charge in [-0.25, -0.2) is 4.79 Å². The number of amides is 2. The normalized spacial score (nSPS) is 10.8. The Hall–Kier alpha value is -1.51. The standard InChI is InChI=1S/C14H22N2O/c1-11(2)16(12(3)4)14(17)15(5)13-9-7-6-8-10-13/h6-12H,1-5H3. The van der Waals surface area contributed by atoms with E-state index < -0.39 is 0 Å². The number of rotatable bonds is 3. The van der Waals surface area contributed by atoms with E-state index in [0.29, 0.717) is 0 Å². The molecular formula is C14H22N2O. The average molecular weight is 234 g/mol. The number of anilines is 1. The van der Waals surface area contributed by atoms with Gasteiger partial charge in [-0.1, -0.05) is 18.2 Å². The van der Waals surface area contributed by atoms with Crippen LogP contribution in [0.2, 0.25) is 0 Å². The van der Waals surface area contributed by atoms with Crippen LogP contribution in [0.25, 0.3) is 0 Å². The van der Waals surface area contributed by atoms with Crippen LogP contribution in [0, 0.1) is 0 Å². The summed E-state index contributed by atoms with van der Waals surface area (Å²) in [5, 5.41) is 0. The first-order chi connectivity index (χ1) is 7.95. The topological polar surface area (TPSA) is 23.6 Å². The highest BCUT2D eigenvalue weighted by Crippen LogP contribution is 2.16. The van der Waals surface area contributed by atoms with Gasteiger partial charge in [0.05, 0.1) is 0 Å². The van der Waals surface area contributed by atoms with E-state index >= 15 is 0 Å². The van der Waals surface area contributed by atoms with Crippen LogP contribution >= 0.6 is 0 Å². The number of benzene rings is 1. The van der Waals surface area contributed by atoms with Crippen LogP contribution in [0.1, 0.15) is 27.7 Å². The monoisotopic (exact) mass is 234 g/mol.